The molecule has 3 saturated heterocycles. The van der Waals surface area contributed by atoms with Crippen LogP contribution in [0.3, 0.4) is 0 Å². The normalized spacial score (nSPS) is 26.5. The molecule has 1 N–H and O–H groups in total. The van der Waals surface area contributed by atoms with E-state index in [-0.39, 0.29) is 0 Å². The predicted octanol–water partition coefficient (Wildman–Crippen LogP) is 0.0446. The number of nitrogens with zero attached hydrogens (tertiary/aromatic N) is 5. The van der Waals surface area contributed by atoms with E-state index in [0.717, 1.165) is 52.0 Å². The van der Waals surface area contributed by atoms with Crippen molar-refractivity contribution in [3.63, 3.8) is 0 Å². The van der Waals surface area contributed by atoms with Gasteiger partial charge in [0.2, 0.25) is 0 Å². The predicted molar refractivity (Wildman–Crippen MR) is 99.1 cm³/mol. The van der Waals surface area contributed by atoms with Crippen LogP contribution in [0.25, 0.3) is 0 Å². The molecule has 1 aromatic rings. The number of likely N-dealkylation sites (tertiary alicyclic amines) is 1. The number of aryl methyl sites for hydroxylation is 2. The highest BCUT2D eigenvalue weighted by atomic mass is 16.5. The fraction of sp³-hybridized carbons (Fsp3) is 0.833. The number of hydrogen-bond donors (Lipinski definition) is 1. The Hall–Kier alpha value is -1.15. The molecule has 4 rings (SSSR count). The third kappa shape index (κ3) is 3.69. The number of aromatic nitrogens is 2. The first-order valence-electron chi connectivity index (χ1n) is 9.74. The molecule has 0 aromatic carbocycles. The topological polar surface area (TPSA) is 48.8 Å². The molecule has 0 aliphatic carbocycles. The van der Waals surface area contributed by atoms with Gasteiger partial charge in [0.1, 0.15) is 5.82 Å². The summed E-state index contributed by atoms with van der Waals surface area (Å²) >= 11 is 0. The zero-order chi connectivity index (χ0) is 17.2. The van der Waals surface area contributed by atoms with Crippen LogP contribution in [0.2, 0.25) is 0 Å². The highest BCUT2D eigenvalue weighted by Gasteiger charge is 2.30. The molecule has 4 heterocycles. The van der Waals surface area contributed by atoms with E-state index in [1.54, 1.807) is 0 Å². The van der Waals surface area contributed by atoms with E-state index in [9.17, 15) is 0 Å². The SMILES string of the molecule is Cc1nn(C)c(N2CCOCC2)c1CN1CCC(N2CCNCC2)C1. The number of anilines is 1. The summed E-state index contributed by atoms with van der Waals surface area (Å²) in [6.07, 6.45) is 1.30. The number of rotatable bonds is 4. The van der Waals surface area contributed by atoms with E-state index < -0.39 is 0 Å². The third-order valence-electron chi connectivity index (χ3n) is 5.92. The van der Waals surface area contributed by atoms with Crippen LogP contribution in [0.5, 0.6) is 0 Å². The second-order valence-electron chi connectivity index (χ2n) is 7.57. The number of piperazine rings is 1. The molecule has 0 radical (unpaired) electrons. The highest BCUT2D eigenvalue weighted by molar-refractivity contribution is 5.50. The summed E-state index contributed by atoms with van der Waals surface area (Å²) in [7, 11) is 2.08. The molecule has 7 nitrogen and oxygen atoms in total. The summed E-state index contributed by atoms with van der Waals surface area (Å²) in [5.41, 5.74) is 2.58. The Balaban J connectivity index is 1.44. The average Bonchev–Trinajstić information content (AvgIpc) is 3.21. The Bertz CT molecular complexity index is 576. The first kappa shape index (κ1) is 17.3. The van der Waals surface area contributed by atoms with Gasteiger partial charge in [0.15, 0.2) is 0 Å². The Labute approximate surface area is 150 Å². The molecule has 0 spiro atoms. The molecular formula is C18H32N6O. The van der Waals surface area contributed by atoms with E-state index in [4.69, 9.17) is 9.84 Å². The fourth-order valence-corrected chi connectivity index (χ4v) is 4.57. The van der Waals surface area contributed by atoms with E-state index >= 15 is 0 Å². The summed E-state index contributed by atoms with van der Waals surface area (Å²) in [4.78, 5) is 7.75. The van der Waals surface area contributed by atoms with Crippen molar-refractivity contribution in [2.45, 2.75) is 25.9 Å². The Morgan fingerprint density at radius 3 is 2.64 bits per heavy atom. The van der Waals surface area contributed by atoms with Crippen molar-refractivity contribution in [1.29, 1.82) is 0 Å². The Morgan fingerprint density at radius 2 is 1.88 bits per heavy atom. The quantitative estimate of drug-likeness (QED) is 0.830. The summed E-state index contributed by atoms with van der Waals surface area (Å²) in [5.74, 6) is 1.30. The minimum Gasteiger partial charge on any atom is -0.378 e. The lowest BCUT2D eigenvalue weighted by Crippen LogP contribution is -2.49. The minimum atomic E-state index is 0.728. The van der Waals surface area contributed by atoms with Crippen LogP contribution in [0.1, 0.15) is 17.7 Å². The van der Waals surface area contributed by atoms with Crippen LogP contribution in [-0.4, -0.2) is 91.2 Å². The molecule has 0 saturated carbocycles. The van der Waals surface area contributed by atoms with Crippen LogP contribution < -0.4 is 10.2 Å². The van der Waals surface area contributed by atoms with Gasteiger partial charge in [0.25, 0.3) is 0 Å². The second kappa shape index (κ2) is 7.61. The molecule has 7 heteroatoms. The van der Waals surface area contributed by atoms with Crippen molar-refractivity contribution in [1.82, 2.24) is 24.9 Å². The van der Waals surface area contributed by atoms with Gasteiger partial charge >= 0.3 is 0 Å². The smallest absolute Gasteiger partial charge is 0.131 e. The van der Waals surface area contributed by atoms with Gasteiger partial charge in [-0.3, -0.25) is 14.5 Å². The molecule has 140 valence electrons. The van der Waals surface area contributed by atoms with E-state index in [2.05, 4.69) is 38.7 Å². The van der Waals surface area contributed by atoms with Gasteiger partial charge in [-0.15, -0.1) is 0 Å². The molecule has 1 unspecified atom stereocenters. The van der Waals surface area contributed by atoms with Gasteiger partial charge in [0, 0.05) is 77.6 Å². The van der Waals surface area contributed by atoms with Crippen molar-refractivity contribution in [2.75, 3.05) is 70.5 Å². The lowest BCUT2D eigenvalue weighted by molar-refractivity contribution is 0.122. The van der Waals surface area contributed by atoms with Crippen molar-refractivity contribution in [2.24, 2.45) is 7.05 Å². The molecular weight excluding hydrogens is 316 g/mol. The van der Waals surface area contributed by atoms with Crippen LogP contribution in [0.4, 0.5) is 5.82 Å². The van der Waals surface area contributed by atoms with Crippen LogP contribution in [0, 0.1) is 6.92 Å². The van der Waals surface area contributed by atoms with E-state index in [1.165, 1.54) is 49.7 Å². The maximum atomic E-state index is 5.53. The minimum absolute atomic E-state index is 0.728. The van der Waals surface area contributed by atoms with E-state index in [0.29, 0.717) is 0 Å². The van der Waals surface area contributed by atoms with Crippen molar-refractivity contribution >= 4 is 5.82 Å². The summed E-state index contributed by atoms with van der Waals surface area (Å²) < 4.78 is 7.60. The van der Waals surface area contributed by atoms with Crippen LogP contribution in [-0.2, 0) is 18.3 Å². The summed E-state index contributed by atoms with van der Waals surface area (Å²) in [6.45, 7) is 13.8. The van der Waals surface area contributed by atoms with Crippen molar-refractivity contribution < 1.29 is 4.74 Å². The molecule has 25 heavy (non-hydrogen) atoms. The second-order valence-corrected chi connectivity index (χ2v) is 7.57. The zero-order valence-electron chi connectivity index (χ0n) is 15.7. The average molecular weight is 348 g/mol. The first-order valence-corrected chi connectivity index (χ1v) is 9.74. The zero-order valence-corrected chi connectivity index (χ0v) is 15.7. The van der Waals surface area contributed by atoms with E-state index in [1.807, 2.05) is 0 Å². The van der Waals surface area contributed by atoms with Gasteiger partial charge in [-0.1, -0.05) is 0 Å². The molecule has 1 atom stereocenters. The van der Waals surface area contributed by atoms with Gasteiger partial charge < -0.3 is 15.0 Å². The Morgan fingerprint density at radius 1 is 1.12 bits per heavy atom. The summed E-state index contributed by atoms with van der Waals surface area (Å²) in [5, 5.41) is 8.19. The molecule has 3 fully saturated rings. The number of morpholine rings is 1. The lowest BCUT2D eigenvalue weighted by atomic mass is 10.2. The third-order valence-corrected chi connectivity index (χ3v) is 5.92. The molecule has 3 aliphatic heterocycles. The largest absolute Gasteiger partial charge is 0.378 e. The van der Waals surface area contributed by atoms with Gasteiger partial charge in [0.05, 0.1) is 18.9 Å². The first-order chi connectivity index (χ1) is 12.2. The summed E-state index contributed by atoms with van der Waals surface area (Å²) in [6, 6.07) is 0.728. The highest BCUT2D eigenvalue weighted by Crippen LogP contribution is 2.27. The standard InChI is InChI=1S/C18H32N6O/c1-15-17(18(21(2)20-15)24-9-11-25-12-10-24)14-22-6-3-16(13-22)23-7-4-19-5-8-23/h16,19H,3-14H2,1-2H3. The maximum absolute atomic E-state index is 5.53. The molecule has 3 aliphatic rings. The van der Waals surface area contributed by atoms with Gasteiger partial charge in [-0.05, 0) is 13.3 Å². The van der Waals surface area contributed by atoms with Crippen molar-refractivity contribution in [3.8, 4) is 0 Å². The van der Waals surface area contributed by atoms with Crippen molar-refractivity contribution in [3.05, 3.63) is 11.3 Å². The molecule has 1 aromatic heterocycles. The lowest BCUT2D eigenvalue weighted by Gasteiger charge is -2.33. The maximum Gasteiger partial charge on any atom is 0.131 e. The van der Waals surface area contributed by atoms with Gasteiger partial charge in [-0.25, -0.2) is 0 Å². The number of hydrogen-bond acceptors (Lipinski definition) is 6. The Kier molecular flexibility index (Phi) is 5.26. The monoisotopic (exact) mass is 348 g/mol. The van der Waals surface area contributed by atoms with Crippen LogP contribution >= 0.6 is 0 Å². The van der Waals surface area contributed by atoms with Crippen LogP contribution in [0.15, 0.2) is 0 Å². The molecule has 0 bridgehead atoms. The molecule has 0 amide bonds. The number of ether oxygens (including phenoxy) is 1. The van der Waals surface area contributed by atoms with Gasteiger partial charge in [-0.2, -0.15) is 5.10 Å². The number of nitrogens with one attached hydrogen (secondary N) is 1. The fourth-order valence-electron chi connectivity index (χ4n) is 4.57.